The molecule has 0 amide bonds. The van der Waals surface area contributed by atoms with Gasteiger partial charge in [-0.25, -0.2) is 0 Å². The number of thiocarbonyl (C=S) groups is 1. The Morgan fingerprint density at radius 2 is 2.28 bits per heavy atom. The van der Waals surface area contributed by atoms with Crippen LogP contribution < -0.4 is 11.1 Å². The Kier molecular flexibility index (Phi) is 4.59. The molecule has 1 aromatic rings. The number of likely N-dealkylation sites (N-methyl/N-ethyl adjacent to an activating group) is 1. The van der Waals surface area contributed by atoms with Gasteiger partial charge in [0, 0.05) is 34.9 Å². The van der Waals surface area contributed by atoms with Gasteiger partial charge in [0.2, 0.25) is 0 Å². The zero-order valence-electron chi connectivity index (χ0n) is 10.4. The van der Waals surface area contributed by atoms with E-state index in [-0.39, 0.29) is 0 Å². The van der Waals surface area contributed by atoms with E-state index in [1.54, 1.807) is 0 Å². The van der Waals surface area contributed by atoms with Crippen LogP contribution in [0.3, 0.4) is 0 Å². The molecule has 3 nitrogen and oxygen atoms in total. The Morgan fingerprint density at radius 3 is 2.89 bits per heavy atom. The third kappa shape index (κ3) is 3.43. The third-order valence-electron chi connectivity index (χ3n) is 3.21. The van der Waals surface area contributed by atoms with Gasteiger partial charge in [0.15, 0.2) is 0 Å². The molecule has 0 aromatic heterocycles. The standard InChI is InChI=1S/C13H18BrN3S/c1-17(9-5-6-9)8-7-16-11-4-2-3-10(14)12(11)13(15)18/h2-4,9,16H,5-8H2,1H3,(H2,15,18). The minimum Gasteiger partial charge on any atom is -0.389 e. The number of anilines is 1. The second-order valence-electron chi connectivity index (χ2n) is 4.67. The molecular formula is C13H18BrN3S. The zero-order valence-corrected chi connectivity index (χ0v) is 12.9. The van der Waals surface area contributed by atoms with Crippen LogP contribution in [0, 0.1) is 0 Å². The van der Waals surface area contributed by atoms with Gasteiger partial charge in [0.1, 0.15) is 4.99 Å². The largest absolute Gasteiger partial charge is 0.389 e. The molecule has 18 heavy (non-hydrogen) atoms. The predicted octanol–water partition coefficient (Wildman–Crippen LogP) is 2.59. The molecule has 2 rings (SSSR count). The summed E-state index contributed by atoms with van der Waals surface area (Å²) in [6, 6.07) is 6.75. The van der Waals surface area contributed by atoms with Crippen molar-refractivity contribution in [1.29, 1.82) is 0 Å². The first-order valence-corrected chi connectivity index (χ1v) is 7.32. The van der Waals surface area contributed by atoms with Crippen LogP contribution in [0.1, 0.15) is 18.4 Å². The molecule has 3 N–H and O–H groups in total. The average Bonchev–Trinajstić information content (AvgIpc) is 3.12. The highest BCUT2D eigenvalue weighted by Gasteiger charge is 2.25. The van der Waals surface area contributed by atoms with Gasteiger partial charge in [-0.3, -0.25) is 0 Å². The topological polar surface area (TPSA) is 41.3 Å². The van der Waals surface area contributed by atoms with Gasteiger partial charge in [0.25, 0.3) is 0 Å². The number of hydrogen-bond acceptors (Lipinski definition) is 3. The van der Waals surface area contributed by atoms with Crippen molar-refractivity contribution in [1.82, 2.24) is 4.90 Å². The van der Waals surface area contributed by atoms with Gasteiger partial charge >= 0.3 is 0 Å². The number of nitrogens with zero attached hydrogens (tertiary/aromatic N) is 1. The van der Waals surface area contributed by atoms with Crippen molar-refractivity contribution in [3.63, 3.8) is 0 Å². The monoisotopic (exact) mass is 327 g/mol. The first kappa shape index (κ1) is 13.8. The first-order chi connectivity index (χ1) is 8.59. The SMILES string of the molecule is CN(CCNc1cccc(Br)c1C(N)=S)C1CC1. The van der Waals surface area contributed by atoms with Crippen molar-refractivity contribution < 1.29 is 0 Å². The van der Waals surface area contributed by atoms with E-state index in [9.17, 15) is 0 Å². The van der Waals surface area contributed by atoms with E-state index in [2.05, 4.69) is 33.2 Å². The fourth-order valence-corrected chi connectivity index (χ4v) is 2.92. The maximum absolute atomic E-state index is 5.76. The lowest BCUT2D eigenvalue weighted by Crippen LogP contribution is -2.27. The van der Waals surface area contributed by atoms with Crippen LogP contribution in [-0.2, 0) is 0 Å². The molecule has 5 heteroatoms. The number of halogens is 1. The van der Waals surface area contributed by atoms with Crippen molar-refractivity contribution in [3.05, 3.63) is 28.2 Å². The van der Waals surface area contributed by atoms with Gasteiger partial charge in [-0.2, -0.15) is 0 Å². The van der Waals surface area contributed by atoms with Gasteiger partial charge in [-0.05, 0) is 48.0 Å². The van der Waals surface area contributed by atoms with Crippen LogP contribution in [0.25, 0.3) is 0 Å². The predicted molar refractivity (Wildman–Crippen MR) is 84.2 cm³/mol. The number of hydrogen-bond donors (Lipinski definition) is 2. The molecule has 0 atom stereocenters. The van der Waals surface area contributed by atoms with Crippen molar-refractivity contribution in [2.24, 2.45) is 5.73 Å². The lowest BCUT2D eigenvalue weighted by atomic mass is 10.2. The van der Waals surface area contributed by atoms with E-state index >= 15 is 0 Å². The Balaban J connectivity index is 1.95. The fourth-order valence-electron chi connectivity index (χ4n) is 1.99. The Labute approximate surface area is 122 Å². The van der Waals surface area contributed by atoms with Gasteiger partial charge in [0.05, 0.1) is 0 Å². The summed E-state index contributed by atoms with van der Waals surface area (Å²) < 4.78 is 0.940. The molecule has 1 fully saturated rings. The van der Waals surface area contributed by atoms with Crippen LogP contribution in [0.15, 0.2) is 22.7 Å². The lowest BCUT2D eigenvalue weighted by molar-refractivity contribution is 0.337. The molecule has 0 radical (unpaired) electrons. The first-order valence-electron chi connectivity index (χ1n) is 6.12. The van der Waals surface area contributed by atoms with E-state index in [1.165, 1.54) is 12.8 Å². The molecule has 1 saturated carbocycles. The highest BCUT2D eigenvalue weighted by atomic mass is 79.9. The van der Waals surface area contributed by atoms with E-state index < -0.39 is 0 Å². The summed E-state index contributed by atoms with van der Waals surface area (Å²) in [5.74, 6) is 0. The average molecular weight is 328 g/mol. The molecule has 0 bridgehead atoms. The number of benzene rings is 1. The van der Waals surface area contributed by atoms with Crippen LogP contribution in [0.2, 0.25) is 0 Å². The van der Waals surface area contributed by atoms with E-state index in [0.717, 1.165) is 34.9 Å². The van der Waals surface area contributed by atoms with Crippen LogP contribution in [0.5, 0.6) is 0 Å². The summed E-state index contributed by atoms with van der Waals surface area (Å²) in [5, 5.41) is 3.41. The molecule has 1 aromatic carbocycles. The lowest BCUT2D eigenvalue weighted by Gasteiger charge is -2.18. The Hall–Kier alpha value is -0.650. The van der Waals surface area contributed by atoms with Gasteiger partial charge in [-0.15, -0.1) is 0 Å². The highest BCUT2D eigenvalue weighted by molar-refractivity contribution is 9.10. The van der Waals surface area contributed by atoms with Crippen molar-refractivity contribution in [3.8, 4) is 0 Å². The van der Waals surface area contributed by atoms with E-state index in [0.29, 0.717) is 4.99 Å². The van der Waals surface area contributed by atoms with Gasteiger partial charge < -0.3 is 16.0 Å². The molecule has 0 unspecified atom stereocenters. The molecule has 0 saturated heterocycles. The van der Waals surface area contributed by atoms with Gasteiger partial charge in [-0.1, -0.05) is 18.3 Å². The molecule has 1 aliphatic rings. The summed E-state index contributed by atoms with van der Waals surface area (Å²) in [6.07, 6.45) is 2.68. The van der Waals surface area contributed by atoms with Crippen molar-refractivity contribution >= 4 is 38.8 Å². The minimum atomic E-state index is 0.417. The fraction of sp³-hybridized carbons (Fsp3) is 0.462. The highest BCUT2D eigenvalue weighted by Crippen LogP contribution is 2.26. The molecule has 0 spiro atoms. The second-order valence-corrected chi connectivity index (χ2v) is 5.96. The van der Waals surface area contributed by atoms with E-state index in [4.69, 9.17) is 18.0 Å². The Morgan fingerprint density at radius 1 is 1.56 bits per heavy atom. The molecule has 0 aliphatic heterocycles. The maximum atomic E-state index is 5.76. The van der Waals surface area contributed by atoms with E-state index in [1.807, 2.05) is 18.2 Å². The number of nitrogens with two attached hydrogens (primary N) is 1. The zero-order chi connectivity index (χ0) is 13.1. The summed E-state index contributed by atoms with van der Waals surface area (Å²) in [7, 11) is 2.18. The smallest absolute Gasteiger partial charge is 0.107 e. The molecule has 1 aliphatic carbocycles. The quantitative estimate of drug-likeness (QED) is 0.788. The number of rotatable bonds is 6. The Bertz CT molecular complexity index is 446. The summed E-state index contributed by atoms with van der Waals surface area (Å²) in [4.78, 5) is 2.81. The summed E-state index contributed by atoms with van der Waals surface area (Å²) in [6.45, 7) is 1.94. The molecule has 98 valence electrons. The summed E-state index contributed by atoms with van der Waals surface area (Å²) >= 11 is 8.57. The summed E-state index contributed by atoms with van der Waals surface area (Å²) in [5.41, 5.74) is 7.65. The minimum absolute atomic E-state index is 0.417. The molecule has 0 heterocycles. The second kappa shape index (κ2) is 5.99. The van der Waals surface area contributed by atoms with Crippen LogP contribution in [0.4, 0.5) is 5.69 Å². The van der Waals surface area contributed by atoms with Crippen molar-refractivity contribution in [2.75, 3.05) is 25.5 Å². The third-order valence-corrected chi connectivity index (χ3v) is 4.08. The number of nitrogens with one attached hydrogen (secondary N) is 1. The van der Waals surface area contributed by atoms with Crippen LogP contribution in [-0.4, -0.2) is 36.1 Å². The van der Waals surface area contributed by atoms with Crippen molar-refractivity contribution in [2.45, 2.75) is 18.9 Å². The normalized spacial score (nSPS) is 14.8. The van der Waals surface area contributed by atoms with Crippen LogP contribution >= 0.6 is 28.1 Å². The maximum Gasteiger partial charge on any atom is 0.107 e. The molecular weight excluding hydrogens is 310 g/mol.